The van der Waals surface area contributed by atoms with Gasteiger partial charge in [-0.15, -0.1) is 0 Å². The summed E-state index contributed by atoms with van der Waals surface area (Å²) in [5.74, 6) is -1.84. The number of anilines is 1. The Bertz CT molecular complexity index is 624. The van der Waals surface area contributed by atoms with Crippen LogP contribution < -0.4 is 5.32 Å². The van der Waals surface area contributed by atoms with Crippen molar-refractivity contribution in [1.82, 2.24) is 0 Å². The summed E-state index contributed by atoms with van der Waals surface area (Å²) in [6, 6.07) is 3.56. The van der Waals surface area contributed by atoms with E-state index in [1.807, 2.05) is 0 Å². The van der Waals surface area contributed by atoms with Gasteiger partial charge in [-0.3, -0.25) is 14.9 Å². The summed E-state index contributed by atoms with van der Waals surface area (Å²) in [6.07, 6.45) is 0. The van der Waals surface area contributed by atoms with Gasteiger partial charge >= 0.3 is 5.97 Å². The molecule has 0 atom stereocenters. The number of hydrogen-bond acceptors (Lipinski definition) is 4. The molecule has 0 spiro atoms. The highest BCUT2D eigenvalue weighted by molar-refractivity contribution is 6.34. The summed E-state index contributed by atoms with van der Waals surface area (Å²) >= 11 is 5.81. The molecule has 1 aromatic carbocycles. The molecule has 0 heterocycles. The van der Waals surface area contributed by atoms with Gasteiger partial charge in [0.1, 0.15) is 0 Å². The molecule has 20 heavy (non-hydrogen) atoms. The Morgan fingerprint density at radius 3 is 2.35 bits per heavy atom. The predicted octanol–water partition coefficient (Wildman–Crippen LogP) is 2.61. The van der Waals surface area contributed by atoms with E-state index >= 15 is 0 Å². The topological polar surface area (TPSA) is 110 Å². The van der Waals surface area contributed by atoms with Crippen LogP contribution in [-0.4, -0.2) is 21.9 Å². The molecule has 106 valence electrons. The van der Waals surface area contributed by atoms with Crippen molar-refractivity contribution in [2.24, 2.45) is 0 Å². The van der Waals surface area contributed by atoms with Crippen molar-refractivity contribution in [3.63, 3.8) is 0 Å². The average Bonchev–Trinajstić information content (AvgIpc) is 2.38. The van der Waals surface area contributed by atoms with Gasteiger partial charge in [0.2, 0.25) is 0 Å². The van der Waals surface area contributed by atoms with Crippen molar-refractivity contribution in [3.8, 4) is 0 Å². The fraction of sp³-hybridized carbons (Fsp3) is 0.167. The van der Waals surface area contributed by atoms with Crippen LogP contribution in [0.4, 0.5) is 11.4 Å². The third-order valence-corrected chi connectivity index (χ3v) is 2.95. The standard InChI is InChI=1S/C12H11ClN2O5/c1-6(7(2)12(17)18)11(16)14-10-4-3-8(15(19)20)5-9(10)13/h3-5H,1-2H3,(H,14,16)(H,17,18). The van der Waals surface area contributed by atoms with Gasteiger partial charge in [0, 0.05) is 23.3 Å². The Hall–Kier alpha value is -2.41. The first kappa shape index (κ1) is 15.6. The third kappa shape index (κ3) is 3.55. The van der Waals surface area contributed by atoms with Gasteiger partial charge < -0.3 is 10.4 Å². The number of aliphatic carboxylic acids is 1. The van der Waals surface area contributed by atoms with Crippen molar-refractivity contribution in [2.45, 2.75) is 13.8 Å². The Labute approximate surface area is 119 Å². The Morgan fingerprint density at radius 2 is 1.90 bits per heavy atom. The summed E-state index contributed by atoms with van der Waals surface area (Å²) in [6.45, 7) is 2.66. The lowest BCUT2D eigenvalue weighted by Crippen LogP contribution is -2.16. The van der Waals surface area contributed by atoms with E-state index in [9.17, 15) is 19.7 Å². The van der Waals surface area contributed by atoms with Crippen LogP contribution in [0.5, 0.6) is 0 Å². The number of benzene rings is 1. The number of halogens is 1. The molecule has 0 fully saturated rings. The second-order valence-electron chi connectivity index (χ2n) is 3.93. The number of carbonyl (C=O) groups is 2. The Kier molecular flexibility index (Phi) is 4.82. The van der Waals surface area contributed by atoms with E-state index in [-0.39, 0.29) is 27.5 Å². The quantitative estimate of drug-likeness (QED) is 0.504. The minimum absolute atomic E-state index is 0.00618. The van der Waals surface area contributed by atoms with Crippen LogP contribution in [0, 0.1) is 10.1 Å². The van der Waals surface area contributed by atoms with Crippen molar-refractivity contribution in [1.29, 1.82) is 0 Å². The lowest BCUT2D eigenvalue weighted by molar-refractivity contribution is -0.384. The van der Waals surface area contributed by atoms with Crippen molar-refractivity contribution in [3.05, 3.63) is 44.5 Å². The molecule has 1 amide bonds. The molecule has 0 aliphatic heterocycles. The average molecular weight is 299 g/mol. The summed E-state index contributed by atoms with van der Waals surface area (Å²) < 4.78 is 0. The van der Waals surface area contributed by atoms with Gasteiger partial charge in [-0.25, -0.2) is 4.79 Å². The smallest absolute Gasteiger partial charge is 0.331 e. The molecule has 7 nitrogen and oxygen atoms in total. The van der Waals surface area contributed by atoms with Gasteiger partial charge in [0.25, 0.3) is 11.6 Å². The Morgan fingerprint density at radius 1 is 1.30 bits per heavy atom. The number of hydrogen-bond donors (Lipinski definition) is 2. The van der Waals surface area contributed by atoms with Gasteiger partial charge in [0.05, 0.1) is 15.6 Å². The number of carboxylic acids is 1. The summed E-state index contributed by atoms with van der Waals surface area (Å²) in [7, 11) is 0. The lowest BCUT2D eigenvalue weighted by Gasteiger charge is -2.08. The molecule has 1 aromatic rings. The van der Waals surface area contributed by atoms with Gasteiger partial charge in [-0.1, -0.05) is 11.6 Å². The lowest BCUT2D eigenvalue weighted by atomic mass is 10.1. The monoisotopic (exact) mass is 298 g/mol. The van der Waals surface area contributed by atoms with Crippen molar-refractivity contribution < 1.29 is 19.6 Å². The zero-order chi connectivity index (χ0) is 15.4. The van der Waals surface area contributed by atoms with Crippen LogP contribution in [0.1, 0.15) is 13.8 Å². The fourth-order valence-electron chi connectivity index (χ4n) is 1.27. The van der Waals surface area contributed by atoms with Crippen LogP contribution in [-0.2, 0) is 9.59 Å². The molecular formula is C12H11ClN2O5. The second-order valence-corrected chi connectivity index (χ2v) is 4.34. The normalized spacial score (nSPS) is 11.6. The molecule has 0 aliphatic carbocycles. The van der Waals surface area contributed by atoms with E-state index in [0.29, 0.717) is 0 Å². The largest absolute Gasteiger partial charge is 0.478 e. The molecule has 0 aromatic heterocycles. The summed E-state index contributed by atoms with van der Waals surface area (Å²) in [5.41, 5.74) is -0.116. The number of nitro benzene ring substituents is 1. The second kappa shape index (κ2) is 6.16. The molecule has 0 unspecified atom stereocenters. The zero-order valence-corrected chi connectivity index (χ0v) is 11.4. The van der Waals surface area contributed by atoms with Gasteiger partial charge in [0.15, 0.2) is 0 Å². The van der Waals surface area contributed by atoms with Crippen molar-refractivity contribution in [2.75, 3.05) is 5.32 Å². The maximum absolute atomic E-state index is 11.8. The number of non-ortho nitro benzene ring substituents is 1. The predicted molar refractivity (Wildman–Crippen MR) is 72.7 cm³/mol. The number of amides is 1. The number of nitro groups is 1. The fourth-order valence-corrected chi connectivity index (χ4v) is 1.49. The van der Waals surface area contributed by atoms with Gasteiger partial charge in [-0.05, 0) is 19.9 Å². The maximum atomic E-state index is 11.8. The highest BCUT2D eigenvalue weighted by atomic mass is 35.5. The van der Waals surface area contributed by atoms with E-state index in [4.69, 9.17) is 16.7 Å². The van der Waals surface area contributed by atoms with E-state index < -0.39 is 16.8 Å². The molecule has 8 heteroatoms. The molecular weight excluding hydrogens is 288 g/mol. The number of nitrogens with zero attached hydrogens (tertiary/aromatic N) is 1. The van der Waals surface area contributed by atoms with Crippen molar-refractivity contribution >= 4 is 34.9 Å². The molecule has 0 saturated carbocycles. The minimum atomic E-state index is -1.20. The third-order valence-electron chi connectivity index (χ3n) is 2.64. The minimum Gasteiger partial charge on any atom is -0.478 e. The molecule has 0 aliphatic rings. The molecule has 1 rings (SSSR count). The number of rotatable bonds is 4. The van der Waals surface area contributed by atoms with Crippen LogP contribution in [0.3, 0.4) is 0 Å². The zero-order valence-electron chi connectivity index (χ0n) is 10.6. The van der Waals surface area contributed by atoms with Gasteiger partial charge in [-0.2, -0.15) is 0 Å². The first-order valence-corrected chi connectivity index (χ1v) is 5.78. The van der Waals surface area contributed by atoms with E-state index in [1.165, 1.54) is 26.0 Å². The summed E-state index contributed by atoms with van der Waals surface area (Å²) in [5, 5.41) is 21.7. The number of nitrogens with one attached hydrogen (secondary N) is 1. The molecule has 0 bridgehead atoms. The number of carbonyl (C=O) groups excluding carboxylic acids is 1. The van der Waals surface area contributed by atoms with E-state index in [0.717, 1.165) is 6.07 Å². The first-order chi connectivity index (χ1) is 9.23. The highest BCUT2D eigenvalue weighted by Gasteiger charge is 2.15. The summed E-state index contributed by atoms with van der Waals surface area (Å²) in [4.78, 5) is 32.5. The Balaban J connectivity index is 3.00. The molecule has 0 radical (unpaired) electrons. The van der Waals surface area contributed by atoms with E-state index in [1.54, 1.807) is 0 Å². The highest BCUT2D eigenvalue weighted by Crippen LogP contribution is 2.27. The molecule has 0 saturated heterocycles. The van der Waals surface area contributed by atoms with Crippen LogP contribution in [0.15, 0.2) is 29.3 Å². The van der Waals surface area contributed by atoms with E-state index in [2.05, 4.69) is 5.32 Å². The first-order valence-electron chi connectivity index (χ1n) is 5.40. The SMILES string of the molecule is CC(C(=O)O)=C(C)C(=O)Nc1ccc([N+](=O)[O-])cc1Cl. The number of carboxylic acid groups (broad SMARTS) is 1. The van der Waals surface area contributed by atoms with Crippen LogP contribution >= 0.6 is 11.6 Å². The maximum Gasteiger partial charge on any atom is 0.331 e. The van der Waals surface area contributed by atoms with Crippen LogP contribution in [0.25, 0.3) is 0 Å². The van der Waals surface area contributed by atoms with Crippen LogP contribution in [0.2, 0.25) is 5.02 Å². The molecule has 2 N–H and O–H groups in total.